The summed E-state index contributed by atoms with van der Waals surface area (Å²) in [5, 5.41) is 4.62. The average Bonchev–Trinajstić information content (AvgIpc) is 2.69. The Morgan fingerprint density at radius 1 is 1.29 bits per heavy atom. The lowest BCUT2D eigenvalue weighted by Gasteiger charge is -2.23. The first kappa shape index (κ1) is 16.5. The van der Waals surface area contributed by atoms with Crippen LogP contribution >= 0.6 is 15.9 Å². The molecule has 21 heavy (non-hydrogen) atoms. The molecule has 0 N–H and O–H groups in total. The van der Waals surface area contributed by atoms with Gasteiger partial charge < -0.3 is 4.90 Å². The smallest absolute Gasteiger partial charge is 0.222 e. The molecule has 0 spiro atoms. The molecule has 1 aromatic heterocycles. The maximum atomic E-state index is 12.4. The predicted molar refractivity (Wildman–Crippen MR) is 88.0 cm³/mol. The van der Waals surface area contributed by atoms with Crippen molar-refractivity contribution >= 4 is 21.8 Å². The monoisotopic (exact) mass is 355 g/mol. The third-order valence-corrected chi connectivity index (χ3v) is 5.38. The Morgan fingerprint density at radius 3 is 2.62 bits per heavy atom. The van der Waals surface area contributed by atoms with Gasteiger partial charge in [-0.15, -0.1) is 0 Å². The lowest BCUT2D eigenvalue weighted by Crippen LogP contribution is -2.31. The Balaban J connectivity index is 2.21. The molecule has 0 radical (unpaired) electrons. The number of aryl methyl sites for hydroxylation is 2. The van der Waals surface area contributed by atoms with Crippen molar-refractivity contribution in [3.05, 3.63) is 15.9 Å². The summed E-state index contributed by atoms with van der Waals surface area (Å²) in [6.07, 6.45) is 3.61. The van der Waals surface area contributed by atoms with Gasteiger partial charge in [0.1, 0.15) is 0 Å². The zero-order valence-corrected chi connectivity index (χ0v) is 15.2. The molecule has 2 rings (SSSR count). The second-order valence-electron chi connectivity index (χ2n) is 6.61. The lowest BCUT2D eigenvalue weighted by molar-refractivity contribution is -0.131. The van der Waals surface area contributed by atoms with Gasteiger partial charge in [0.25, 0.3) is 0 Å². The van der Waals surface area contributed by atoms with E-state index in [1.165, 1.54) is 0 Å². The molecule has 1 aliphatic heterocycles. The molecule has 1 fully saturated rings. The molecule has 1 saturated heterocycles. The number of rotatable bonds is 4. The minimum Gasteiger partial charge on any atom is -0.337 e. The number of nitrogens with zero attached hydrogens (tertiary/aromatic N) is 3. The molecular formula is C16H26BrN3O. The Morgan fingerprint density at radius 2 is 2.00 bits per heavy atom. The van der Waals surface area contributed by atoms with Crippen molar-refractivity contribution in [2.24, 2.45) is 5.41 Å². The highest BCUT2D eigenvalue weighted by molar-refractivity contribution is 9.10. The van der Waals surface area contributed by atoms with E-state index in [1.807, 2.05) is 9.58 Å². The number of carbonyl (C=O) groups is 1. The first-order valence-electron chi connectivity index (χ1n) is 7.89. The first-order valence-corrected chi connectivity index (χ1v) is 8.69. The molecule has 4 nitrogen and oxygen atoms in total. The summed E-state index contributed by atoms with van der Waals surface area (Å²) in [5.41, 5.74) is 2.47. The highest BCUT2D eigenvalue weighted by Gasteiger charge is 2.28. The number of amides is 1. The van der Waals surface area contributed by atoms with Crippen LogP contribution in [0, 0.1) is 5.41 Å². The Kier molecular flexibility index (Phi) is 5.12. The Hall–Kier alpha value is -0.840. The summed E-state index contributed by atoms with van der Waals surface area (Å²) >= 11 is 3.67. The first-order chi connectivity index (χ1) is 9.88. The minimum absolute atomic E-state index is 0.265. The van der Waals surface area contributed by atoms with Crippen LogP contribution in [0.25, 0.3) is 0 Å². The van der Waals surface area contributed by atoms with E-state index in [0.717, 1.165) is 48.2 Å². The maximum Gasteiger partial charge on any atom is 0.222 e. The Bertz CT molecular complexity index is 522. The van der Waals surface area contributed by atoms with Crippen LogP contribution in [0.3, 0.4) is 0 Å². The standard InChI is InChI=1S/C16H26BrN3O/c1-5-12-15(17)13(20(6-2)18-12)11-19-10-9-16(3,4)8-7-14(19)21/h5-11H2,1-4H3. The fourth-order valence-electron chi connectivity index (χ4n) is 2.81. The minimum atomic E-state index is 0.265. The van der Waals surface area contributed by atoms with E-state index in [-0.39, 0.29) is 11.3 Å². The van der Waals surface area contributed by atoms with E-state index in [0.29, 0.717) is 13.0 Å². The number of hydrogen-bond acceptors (Lipinski definition) is 2. The van der Waals surface area contributed by atoms with Crippen LogP contribution in [0.15, 0.2) is 4.47 Å². The second kappa shape index (κ2) is 6.51. The van der Waals surface area contributed by atoms with Crippen LogP contribution in [0.4, 0.5) is 0 Å². The average molecular weight is 356 g/mol. The summed E-state index contributed by atoms with van der Waals surface area (Å²) in [7, 11) is 0. The fraction of sp³-hybridized carbons (Fsp3) is 0.750. The number of aromatic nitrogens is 2. The highest BCUT2D eigenvalue weighted by Crippen LogP contribution is 2.32. The zero-order chi connectivity index (χ0) is 15.6. The number of hydrogen-bond donors (Lipinski definition) is 0. The molecule has 0 atom stereocenters. The van der Waals surface area contributed by atoms with Crippen LogP contribution in [-0.4, -0.2) is 27.1 Å². The van der Waals surface area contributed by atoms with E-state index in [2.05, 4.69) is 48.7 Å². The Labute approximate surface area is 136 Å². The van der Waals surface area contributed by atoms with E-state index < -0.39 is 0 Å². The SMILES string of the molecule is CCc1nn(CC)c(CN2CCC(C)(C)CCC2=O)c1Br. The zero-order valence-electron chi connectivity index (χ0n) is 13.6. The van der Waals surface area contributed by atoms with Crippen LogP contribution < -0.4 is 0 Å². The summed E-state index contributed by atoms with van der Waals surface area (Å²) < 4.78 is 3.09. The van der Waals surface area contributed by atoms with Gasteiger partial charge in [0, 0.05) is 19.5 Å². The van der Waals surface area contributed by atoms with Crippen molar-refractivity contribution < 1.29 is 4.79 Å². The largest absolute Gasteiger partial charge is 0.337 e. The third-order valence-electron chi connectivity index (χ3n) is 4.46. The van der Waals surface area contributed by atoms with Crippen molar-refractivity contribution in [2.75, 3.05) is 6.54 Å². The number of likely N-dealkylation sites (tertiary alicyclic amines) is 1. The van der Waals surface area contributed by atoms with Crippen molar-refractivity contribution in [1.29, 1.82) is 0 Å². The topological polar surface area (TPSA) is 38.1 Å². The van der Waals surface area contributed by atoms with Crippen LogP contribution in [0.5, 0.6) is 0 Å². The summed E-state index contributed by atoms with van der Waals surface area (Å²) in [6.45, 7) is 11.1. The third kappa shape index (κ3) is 3.68. The quantitative estimate of drug-likeness (QED) is 0.824. The molecule has 1 aliphatic rings. The number of carbonyl (C=O) groups excluding carboxylic acids is 1. The molecule has 1 aromatic rings. The van der Waals surface area contributed by atoms with E-state index in [4.69, 9.17) is 0 Å². The molecule has 1 amide bonds. The summed E-state index contributed by atoms with van der Waals surface area (Å²) in [6, 6.07) is 0. The lowest BCUT2D eigenvalue weighted by atomic mass is 9.85. The van der Waals surface area contributed by atoms with Gasteiger partial charge in [0.2, 0.25) is 5.91 Å². The molecule has 5 heteroatoms. The van der Waals surface area contributed by atoms with Crippen molar-refractivity contribution in [3.63, 3.8) is 0 Å². The van der Waals surface area contributed by atoms with Gasteiger partial charge in [-0.05, 0) is 47.5 Å². The van der Waals surface area contributed by atoms with Crippen molar-refractivity contribution in [1.82, 2.24) is 14.7 Å². The molecule has 0 bridgehead atoms. The summed E-state index contributed by atoms with van der Waals surface area (Å²) in [4.78, 5) is 14.4. The summed E-state index contributed by atoms with van der Waals surface area (Å²) in [5.74, 6) is 0.273. The molecule has 2 heterocycles. The van der Waals surface area contributed by atoms with E-state index in [9.17, 15) is 4.79 Å². The molecule has 0 unspecified atom stereocenters. The fourth-order valence-corrected chi connectivity index (χ4v) is 3.50. The second-order valence-corrected chi connectivity index (χ2v) is 7.40. The van der Waals surface area contributed by atoms with Gasteiger partial charge in [0.15, 0.2) is 0 Å². The van der Waals surface area contributed by atoms with E-state index >= 15 is 0 Å². The number of halogens is 1. The van der Waals surface area contributed by atoms with E-state index in [1.54, 1.807) is 0 Å². The van der Waals surface area contributed by atoms with Crippen molar-refractivity contribution in [2.45, 2.75) is 66.5 Å². The van der Waals surface area contributed by atoms with Crippen molar-refractivity contribution in [3.8, 4) is 0 Å². The van der Waals surface area contributed by atoms with Crippen LogP contribution in [0.2, 0.25) is 0 Å². The predicted octanol–water partition coefficient (Wildman–Crippen LogP) is 3.77. The molecule has 118 valence electrons. The van der Waals surface area contributed by atoms with Crippen LogP contribution in [-0.2, 0) is 24.3 Å². The normalized spacial score (nSPS) is 18.9. The van der Waals surface area contributed by atoms with Gasteiger partial charge in [-0.25, -0.2) is 0 Å². The van der Waals surface area contributed by atoms with Gasteiger partial charge in [-0.3, -0.25) is 9.48 Å². The van der Waals surface area contributed by atoms with Gasteiger partial charge >= 0.3 is 0 Å². The molecule has 0 aliphatic carbocycles. The van der Waals surface area contributed by atoms with Gasteiger partial charge in [-0.2, -0.15) is 5.10 Å². The molecule has 0 aromatic carbocycles. The van der Waals surface area contributed by atoms with Gasteiger partial charge in [-0.1, -0.05) is 20.8 Å². The highest BCUT2D eigenvalue weighted by atomic mass is 79.9. The molecule has 0 saturated carbocycles. The van der Waals surface area contributed by atoms with Gasteiger partial charge in [0.05, 0.1) is 22.4 Å². The maximum absolute atomic E-state index is 12.4. The van der Waals surface area contributed by atoms with Crippen LogP contribution in [0.1, 0.15) is 58.3 Å². The molecular weight excluding hydrogens is 330 g/mol.